The van der Waals surface area contributed by atoms with E-state index in [1.54, 1.807) is 11.8 Å². The summed E-state index contributed by atoms with van der Waals surface area (Å²) < 4.78 is 0. The van der Waals surface area contributed by atoms with Crippen molar-refractivity contribution >= 4 is 23.4 Å². The Kier molecular flexibility index (Phi) is 3.94. The monoisotopic (exact) mass is 250 g/mol. The molecular formula is C13H18N2OS. The smallest absolute Gasteiger partial charge is 0.230 e. The molecule has 4 heteroatoms. The Morgan fingerprint density at radius 1 is 1.47 bits per heavy atom. The van der Waals surface area contributed by atoms with Gasteiger partial charge in [0.25, 0.3) is 0 Å². The molecule has 0 saturated heterocycles. The Bertz CT molecular complexity index is 387. The van der Waals surface area contributed by atoms with Crippen molar-refractivity contribution in [2.24, 2.45) is 0 Å². The summed E-state index contributed by atoms with van der Waals surface area (Å²) in [5.74, 6) is 0.682. The van der Waals surface area contributed by atoms with Crippen LogP contribution in [-0.4, -0.2) is 17.7 Å². The van der Waals surface area contributed by atoms with Crippen molar-refractivity contribution in [1.29, 1.82) is 0 Å². The molecule has 0 radical (unpaired) electrons. The minimum atomic E-state index is 0.153. The van der Waals surface area contributed by atoms with E-state index < -0.39 is 0 Å². The highest BCUT2D eigenvalue weighted by atomic mass is 32.2. The van der Waals surface area contributed by atoms with Crippen LogP contribution < -0.4 is 11.1 Å². The number of anilines is 1. The van der Waals surface area contributed by atoms with Gasteiger partial charge in [0.2, 0.25) is 5.91 Å². The molecule has 0 aromatic heterocycles. The maximum Gasteiger partial charge on any atom is 0.230 e. The molecule has 1 fully saturated rings. The molecular weight excluding hydrogens is 232 g/mol. The van der Waals surface area contributed by atoms with Crippen LogP contribution in [0.3, 0.4) is 0 Å². The second kappa shape index (κ2) is 5.45. The second-order valence-corrected chi connectivity index (χ2v) is 5.79. The molecule has 1 aliphatic rings. The Morgan fingerprint density at radius 3 is 2.71 bits per heavy atom. The number of carbonyl (C=O) groups excluding carboxylic acids is 1. The average Bonchev–Trinajstić information content (AvgIpc) is 3.11. The number of nitrogens with two attached hydrogens (primary N) is 1. The molecule has 17 heavy (non-hydrogen) atoms. The molecule has 0 heterocycles. The largest absolute Gasteiger partial charge is 0.399 e. The van der Waals surface area contributed by atoms with Crippen molar-refractivity contribution in [3.05, 3.63) is 29.8 Å². The van der Waals surface area contributed by atoms with Gasteiger partial charge >= 0.3 is 0 Å². The summed E-state index contributed by atoms with van der Waals surface area (Å²) in [7, 11) is 0. The molecule has 1 aliphatic carbocycles. The molecule has 3 nitrogen and oxygen atoms in total. The third-order valence-corrected chi connectivity index (χ3v) is 4.01. The number of amides is 1. The molecule has 2 rings (SSSR count). The van der Waals surface area contributed by atoms with Crippen LogP contribution in [0.5, 0.6) is 0 Å². The first-order valence-electron chi connectivity index (χ1n) is 5.91. The number of thioether (sulfide) groups is 1. The maximum atomic E-state index is 11.5. The highest BCUT2D eigenvalue weighted by Crippen LogP contribution is 2.28. The minimum absolute atomic E-state index is 0.153. The van der Waals surface area contributed by atoms with Gasteiger partial charge in [-0.1, -0.05) is 12.1 Å². The lowest BCUT2D eigenvalue weighted by atomic mass is 10.1. The molecule has 1 atom stereocenters. The lowest BCUT2D eigenvalue weighted by Crippen LogP contribution is -2.27. The number of nitrogen functional groups attached to an aromatic ring is 1. The van der Waals surface area contributed by atoms with Crippen LogP contribution in [0, 0.1) is 0 Å². The summed E-state index contributed by atoms with van der Waals surface area (Å²) in [5, 5.41) is 3.31. The minimum Gasteiger partial charge on any atom is -0.399 e. The van der Waals surface area contributed by atoms with Gasteiger partial charge in [-0.25, -0.2) is 0 Å². The SMILES string of the molecule is CC(SCC(=O)NC1CC1)c1ccc(N)cc1. The Morgan fingerprint density at radius 2 is 2.12 bits per heavy atom. The fourth-order valence-corrected chi connectivity index (χ4v) is 2.40. The van der Waals surface area contributed by atoms with E-state index in [0.717, 1.165) is 18.5 Å². The third kappa shape index (κ3) is 3.97. The van der Waals surface area contributed by atoms with E-state index in [1.807, 2.05) is 24.3 Å². The van der Waals surface area contributed by atoms with Gasteiger partial charge in [0.1, 0.15) is 0 Å². The van der Waals surface area contributed by atoms with Gasteiger partial charge in [-0.05, 0) is 37.5 Å². The number of benzene rings is 1. The number of nitrogens with one attached hydrogen (secondary N) is 1. The van der Waals surface area contributed by atoms with E-state index in [4.69, 9.17) is 5.73 Å². The van der Waals surface area contributed by atoms with Crippen molar-refractivity contribution in [3.8, 4) is 0 Å². The number of hydrogen-bond donors (Lipinski definition) is 2. The van der Waals surface area contributed by atoms with Crippen LogP contribution in [0.15, 0.2) is 24.3 Å². The van der Waals surface area contributed by atoms with Crippen LogP contribution in [0.25, 0.3) is 0 Å². The molecule has 92 valence electrons. The zero-order valence-electron chi connectivity index (χ0n) is 9.98. The summed E-state index contributed by atoms with van der Waals surface area (Å²) in [6.07, 6.45) is 2.29. The van der Waals surface area contributed by atoms with Gasteiger partial charge in [0, 0.05) is 17.0 Å². The fourth-order valence-electron chi connectivity index (χ4n) is 1.56. The normalized spacial score (nSPS) is 16.5. The molecule has 1 amide bonds. The van der Waals surface area contributed by atoms with Crippen molar-refractivity contribution in [2.45, 2.75) is 31.1 Å². The van der Waals surface area contributed by atoms with E-state index in [9.17, 15) is 4.79 Å². The van der Waals surface area contributed by atoms with E-state index in [0.29, 0.717) is 17.0 Å². The van der Waals surface area contributed by atoms with Crippen LogP contribution >= 0.6 is 11.8 Å². The highest BCUT2D eigenvalue weighted by Gasteiger charge is 2.23. The summed E-state index contributed by atoms with van der Waals surface area (Å²) in [6.45, 7) is 2.11. The first kappa shape index (κ1) is 12.3. The lowest BCUT2D eigenvalue weighted by Gasteiger charge is -2.11. The van der Waals surface area contributed by atoms with Crippen LogP contribution in [0.4, 0.5) is 5.69 Å². The average molecular weight is 250 g/mol. The van der Waals surface area contributed by atoms with Gasteiger partial charge in [-0.2, -0.15) is 0 Å². The van der Waals surface area contributed by atoms with Crippen molar-refractivity contribution < 1.29 is 4.79 Å². The van der Waals surface area contributed by atoms with E-state index in [-0.39, 0.29) is 5.91 Å². The molecule has 0 bridgehead atoms. The second-order valence-electron chi connectivity index (χ2n) is 4.46. The standard InChI is InChI=1S/C13H18N2OS/c1-9(10-2-4-11(14)5-3-10)17-8-13(16)15-12-6-7-12/h2-5,9,12H,6-8,14H2,1H3,(H,15,16). The fraction of sp³-hybridized carbons (Fsp3) is 0.462. The van der Waals surface area contributed by atoms with Gasteiger partial charge in [-0.3, -0.25) is 4.79 Å². The Labute approximate surface area is 106 Å². The van der Waals surface area contributed by atoms with E-state index in [2.05, 4.69) is 12.2 Å². The third-order valence-electron chi connectivity index (χ3n) is 2.81. The van der Waals surface area contributed by atoms with Gasteiger partial charge < -0.3 is 11.1 Å². The zero-order valence-corrected chi connectivity index (χ0v) is 10.8. The lowest BCUT2D eigenvalue weighted by molar-refractivity contribution is -0.118. The van der Waals surface area contributed by atoms with E-state index >= 15 is 0 Å². The molecule has 0 aliphatic heterocycles. The number of rotatable bonds is 5. The van der Waals surface area contributed by atoms with Crippen molar-refractivity contribution in [2.75, 3.05) is 11.5 Å². The topological polar surface area (TPSA) is 55.1 Å². The molecule has 1 aromatic carbocycles. The summed E-state index contributed by atoms with van der Waals surface area (Å²) in [4.78, 5) is 11.5. The van der Waals surface area contributed by atoms with Gasteiger partial charge in [-0.15, -0.1) is 11.8 Å². The molecule has 1 aromatic rings. The number of carbonyl (C=O) groups is 1. The highest BCUT2D eigenvalue weighted by molar-refractivity contribution is 8.00. The summed E-state index contributed by atoms with van der Waals surface area (Å²) in [5.41, 5.74) is 7.63. The Hall–Kier alpha value is -1.16. The maximum absolute atomic E-state index is 11.5. The van der Waals surface area contributed by atoms with Gasteiger partial charge in [0.05, 0.1) is 5.75 Å². The zero-order chi connectivity index (χ0) is 12.3. The first-order chi connectivity index (χ1) is 8.15. The first-order valence-corrected chi connectivity index (χ1v) is 6.96. The van der Waals surface area contributed by atoms with Crippen LogP contribution in [0.1, 0.15) is 30.6 Å². The van der Waals surface area contributed by atoms with Crippen LogP contribution in [0.2, 0.25) is 0 Å². The molecule has 0 spiro atoms. The summed E-state index contributed by atoms with van der Waals surface area (Å²) in [6, 6.07) is 8.29. The van der Waals surface area contributed by atoms with E-state index in [1.165, 1.54) is 5.56 Å². The summed E-state index contributed by atoms with van der Waals surface area (Å²) >= 11 is 1.66. The molecule has 1 saturated carbocycles. The Balaban J connectivity index is 1.77. The van der Waals surface area contributed by atoms with Gasteiger partial charge in [0.15, 0.2) is 0 Å². The van der Waals surface area contributed by atoms with Crippen molar-refractivity contribution in [3.63, 3.8) is 0 Å². The molecule has 1 unspecified atom stereocenters. The molecule has 3 N–H and O–H groups in total. The quantitative estimate of drug-likeness (QED) is 0.789. The van der Waals surface area contributed by atoms with Crippen LogP contribution in [-0.2, 0) is 4.79 Å². The van der Waals surface area contributed by atoms with Crippen molar-refractivity contribution in [1.82, 2.24) is 5.32 Å². The predicted molar refractivity (Wildman–Crippen MR) is 72.9 cm³/mol. The number of hydrogen-bond acceptors (Lipinski definition) is 3. The predicted octanol–water partition coefficient (Wildman–Crippen LogP) is 2.34.